The van der Waals surface area contributed by atoms with Gasteiger partial charge in [0.25, 0.3) is 5.91 Å². The van der Waals surface area contributed by atoms with Crippen LogP contribution in [0.4, 0.5) is 0 Å². The molecule has 1 aliphatic heterocycles. The molecule has 21 heavy (non-hydrogen) atoms. The number of carbonyl (C=O) groups excluding carboxylic acids is 1. The third-order valence-electron chi connectivity index (χ3n) is 3.77. The van der Waals surface area contributed by atoms with E-state index in [9.17, 15) is 4.79 Å². The van der Waals surface area contributed by atoms with Crippen LogP contribution in [0.15, 0.2) is 24.3 Å². The maximum atomic E-state index is 12.4. The van der Waals surface area contributed by atoms with Crippen LogP contribution < -0.4 is 4.74 Å². The summed E-state index contributed by atoms with van der Waals surface area (Å²) in [6.07, 6.45) is 0.483. The average molecular weight is 292 g/mol. The number of aliphatic hydroxyl groups is 1. The van der Waals surface area contributed by atoms with Gasteiger partial charge in [-0.1, -0.05) is 12.1 Å². The Morgan fingerprint density at radius 3 is 2.90 bits per heavy atom. The fraction of sp³-hybridized carbons (Fsp3) is 0.562. The number of carbonyl (C=O) groups is 1. The van der Waals surface area contributed by atoms with E-state index in [1.54, 1.807) is 19.1 Å². The highest BCUT2D eigenvalue weighted by Gasteiger charge is 2.23. The predicted molar refractivity (Wildman–Crippen MR) is 81.1 cm³/mol. The van der Waals surface area contributed by atoms with Crippen LogP contribution in [0.3, 0.4) is 0 Å². The van der Waals surface area contributed by atoms with Crippen molar-refractivity contribution < 1.29 is 14.6 Å². The molecule has 0 aliphatic carbocycles. The zero-order valence-corrected chi connectivity index (χ0v) is 12.8. The van der Waals surface area contributed by atoms with Crippen LogP contribution >= 0.6 is 0 Å². The molecule has 1 aromatic rings. The normalized spacial score (nSPS) is 18.1. The van der Waals surface area contributed by atoms with Crippen LogP contribution in [-0.2, 0) is 11.4 Å². The Hall–Kier alpha value is -1.59. The second kappa shape index (κ2) is 7.43. The van der Waals surface area contributed by atoms with Crippen molar-refractivity contribution in [1.29, 1.82) is 0 Å². The van der Waals surface area contributed by atoms with E-state index in [4.69, 9.17) is 9.84 Å². The lowest BCUT2D eigenvalue weighted by molar-refractivity contribution is -0.137. The van der Waals surface area contributed by atoms with Crippen molar-refractivity contribution in [3.05, 3.63) is 29.8 Å². The first-order chi connectivity index (χ1) is 10.1. The summed E-state index contributed by atoms with van der Waals surface area (Å²) >= 11 is 0. The first-order valence-corrected chi connectivity index (χ1v) is 7.44. The molecule has 1 saturated heterocycles. The second-order valence-electron chi connectivity index (χ2n) is 5.55. The third kappa shape index (κ3) is 4.44. The molecule has 0 aromatic heterocycles. The number of likely N-dealkylation sites (N-methyl/N-ethyl adjacent to an activating group) is 1. The van der Waals surface area contributed by atoms with Gasteiger partial charge in [-0.05, 0) is 44.6 Å². The number of rotatable bonds is 4. The van der Waals surface area contributed by atoms with E-state index < -0.39 is 6.10 Å². The fourth-order valence-electron chi connectivity index (χ4n) is 2.50. The van der Waals surface area contributed by atoms with Gasteiger partial charge in [0.05, 0.1) is 6.61 Å². The van der Waals surface area contributed by atoms with Crippen LogP contribution in [-0.4, -0.2) is 60.1 Å². The molecule has 1 atom stereocenters. The number of hydrogen-bond acceptors (Lipinski definition) is 4. The predicted octanol–water partition coefficient (Wildman–Crippen LogP) is 1.11. The van der Waals surface area contributed by atoms with E-state index in [0.29, 0.717) is 5.75 Å². The summed E-state index contributed by atoms with van der Waals surface area (Å²) in [6, 6.07) is 7.21. The number of hydrogen-bond donors (Lipinski definition) is 1. The minimum atomic E-state index is -0.512. The van der Waals surface area contributed by atoms with E-state index in [2.05, 4.69) is 11.9 Å². The standard InChI is InChI=1S/C16H24N2O3/c1-13(21-15-6-3-5-14(11-15)12-19)16(20)18-8-4-7-17(2)9-10-18/h3,5-6,11,13,19H,4,7-10,12H2,1-2H3. The quantitative estimate of drug-likeness (QED) is 0.903. The molecule has 0 bridgehead atoms. The highest BCUT2D eigenvalue weighted by molar-refractivity contribution is 5.81. The number of aliphatic hydroxyl groups excluding tert-OH is 1. The molecule has 0 spiro atoms. The smallest absolute Gasteiger partial charge is 0.263 e. The molecule has 1 fully saturated rings. The number of amides is 1. The van der Waals surface area contributed by atoms with E-state index >= 15 is 0 Å². The van der Waals surface area contributed by atoms with E-state index in [1.807, 2.05) is 17.0 Å². The number of ether oxygens (including phenoxy) is 1. The Morgan fingerprint density at radius 2 is 2.14 bits per heavy atom. The van der Waals surface area contributed by atoms with E-state index in [-0.39, 0.29) is 12.5 Å². The molecular weight excluding hydrogens is 268 g/mol. The van der Waals surface area contributed by atoms with Crippen LogP contribution in [0.2, 0.25) is 0 Å². The zero-order valence-electron chi connectivity index (χ0n) is 12.8. The van der Waals surface area contributed by atoms with E-state index in [1.165, 1.54) is 0 Å². The first kappa shape index (κ1) is 15.8. The van der Waals surface area contributed by atoms with Crippen molar-refractivity contribution in [2.75, 3.05) is 33.2 Å². The Kier molecular flexibility index (Phi) is 5.59. The molecule has 1 aliphatic rings. The van der Waals surface area contributed by atoms with Gasteiger partial charge in [-0.3, -0.25) is 4.79 Å². The maximum Gasteiger partial charge on any atom is 0.263 e. The van der Waals surface area contributed by atoms with Crippen molar-refractivity contribution >= 4 is 5.91 Å². The first-order valence-electron chi connectivity index (χ1n) is 7.44. The lowest BCUT2D eigenvalue weighted by Crippen LogP contribution is -2.42. The van der Waals surface area contributed by atoms with Crippen molar-refractivity contribution in [2.24, 2.45) is 0 Å². The molecule has 0 radical (unpaired) electrons. The van der Waals surface area contributed by atoms with Crippen LogP contribution in [0.25, 0.3) is 0 Å². The van der Waals surface area contributed by atoms with Gasteiger partial charge < -0.3 is 19.6 Å². The SMILES string of the molecule is CC(Oc1cccc(CO)c1)C(=O)N1CCCN(C)CC1. The van der Waals surface area contributed by atoms with Crippen molar-refractivity contribution in [2.45, 2.75) is 26.1 Å². The zero-order chi connectivity index (χ0) is 15.2. The molecule has 5 nitrogen and oxygen atoms in total. The molecule has 1 amide bonds. The van der Waals surface area contributed by atoms with Gasteiger partial charge in [0.2, 0.25) is 0 Å². The summed E-state index contributed by atoms with van der Waals surface area (Å²) in [4.78, 5) is 16.6. The third-order valence-corrected chi connectivity index (χ3v) is 3.77. The van der Waals surface area contributed by atoms with Gasteiger partial charge in [0, 0.05) is 19.6 Å². The number of benzene rings is 1. The van der Waals surface area contributed by atoms with Gasteiger partial charge in [-0.25, -0.2) is 0 Å². The minimum absolute atomic E-state index is 0.0275. The summed E-state index contributed by atoms with van der Waals surface area (Å²) in [5.74, 6) is 0.647. The summed E-state index contributed by atoms with van der Waals surface area (Å²) in [5, 5.41) is 9.13. The maximum absolute atomic E-state index is 12.4. The molecule has 2 rings (SSSR count). The molecular formula is C16H24N2O3. The van der Waals surface area contributed by atoms with Crippen molar-refractivity contribution in [1.82, 2.24) is 9.80 Å². The lowest BCUT2D eigenvalue weighted by Gasteiger charge is -2.24. The van der Waals surface area contributed by atoms with Crippen LogP contribution in [0.1, 0.15) is 18.9 Å². The molecule has 1 heterocycles. The van der Waals surface area contributed by atoms with Gasteiger partial charge in [0.1, 0.15) is 5.75 Å². The second-order valence-corrected chi connectivity index (χ2v) is 5.55. The summed E-state index contributed by atoms with van der Waals surface area (Å²) in [5.41, 5.74) is 0.781. The van der Waals surface area contributed by atoms with Crippen molar-refractivity contribution in [3.8, 4) is 5.75 Å². The topological polar surface area (TPSA) is 53.0 Å². The van der Waals surface area contributed by atoms with Crippen molar-refractivity contribution in [3.63, 3.8) is 0 Å². The lowest BCUT2D eigenvalue weighted by atomic mass is 10.2. The Labute approximate surface area is 126 Å². The fourth-order valence-corrected chi connectivity index (χ4v) is 2.50. The van der Waals surface area contributed by atoms with Crippen LogP contribution in [0.5, 0.6) is 5.75 Å². The molecule has 5 heteroatoms. The number of nitrogens with zero attached hydrogens (tertiary/aromatic N) is 2. The van der Waals surface area contributed by atoms with Crippen LogP contribution in [0, 0.1) is 0 Å². The monoisotopic (exact) mass is 292 g/mol. The molecule has 1 N–H and O–H groups in total. The molecule has 0 saturated carbocycles. The van der Waals surface area contributed by atoms with Gasteiger partial charge in [-0.15, -0.1) is 0 Å². The average Bonchev–Trinajstić information content (AvgIpc) is 2.71. The minimum Gasteiger partial charge on any atom is -0.481 e. The Balaban J connectivity index is 1.95. The molecule has 116 valence electrons. The Bertz CT molecular complexity index is 478. The highest BCUT2D eigenvalue weighted by atomic mass is 16.5. The van der Waals surface area contributed by atoms with Gasteiger partial charge in [-0.2, -0.15) is 0 Å². The highest BCUT2D eigenvalue weighted by Crippen LogP contribution is 2.16. The Morgan fingerprint density at radius 1 is 1.33 bits per heavy atom. The summed E-state index contributed by atoms with van der Waals surface area (Å²) in [7, 11) is 2.08. The summed E-state index contributed by atoms with van der Waals surface area (Å²) in [6.45, 7) is 5.21. The van der Waals surface area contributed by atoms with E-state index in [0.717, 1.165) is 38.2 Å². The van der Waals surface area contributed by atoms with Gasteiger partial charge >= 0.3 is 0 Å². The molecule has 1 aromatic carbocycles. The van der Waals surface area contributed by atoms with Gasteiger partial charge in [0.15, 0.2) is 6.10 Å². The summed E-state index contributed by atoms with van der Waals surface area (Å²) < 4.78 is 5.72. The largest absolute Gasteiger partial charge is 0.481 e. The molecule has 1 unspecified atom stereocenters.